The summed E-state index contributed by atoms with van der Waals surface area (Å²) in [6.45, 7) is 1.92. The van der Waals surface area contributed by atoms with Crippen molar-refractivity contribution in [2.24, 2.45) is 0 Å². The smallest absolute Gasteiger partial charge is 0.435 e. The highest BCUT2D eigenvalue weighted by atomic mass is 19.4. The van der Waals surface area contributed by atoms with E-state index in [2.05, 4.69) is 14.9 Å². The zero-order valence-electron chi connectivity index (χ0n) is 8.60. The van der Waals surface area contributed by atoms with Crippen molar-refractivity contribution in [1.82, 2.24) is 10.2 Å². The number of H-pyrrole nitrogens is 1. The summed E-state index contributed by atoms with van der Waals surface area (Å²) in [4.78, 5) is 10.9. The maximum Gasteiger partial charge on any atom is 0.435 e. The van der Waals surface area contributed by atoms with Gasteiger partial charge in [0.05, 0.1) is 13.0 Å². The largest absolute Gasteiger partial charge is 0.466 e. The highest BCUT2D eigenvalue weighted by Gasteiger charge is 2.33. The van der Waals surface area contributed by atoms with Crippen molar-refractivity contribution < 1.29 is 22.7 Å². The van der Waals surface area contributed by atoms with Gasteiger partial charge in [-0.2, -0.15) is 18.3 Å². The first-order valence-corrected chi connectivity index (χ1v) is 4.70. The summed E-state index contributed by atoms with van der Waals surface area (Å²) >= 11 is 0. The third kappa shape index (κ3) is 3.56. The summed E-state index contributed by atoms with van der Waals surface area (Å²) in [7, 11) is 0. The normalized spacial score (nSPS) is 11.5. The Kier molecular flexibility index (Phi) is 3.92. The summed E-state index contributed by atoms with van der Waals surface area (Å²) in [6.07, 6.45) is -4.27. The minimum absolute atomic E-state index is 0.0351. The predicted molar refractivity (Wildman–Crippen MR) is 48.5 cm³/mol. The molecule has 0 aliphatic rings. The molecular formula is C9H11F3N2O2. The van der Waals surface area contributed by atoms with E-state index in [4.69, 9.17) is 0 Å². The zero-order valence-corrected chi connectivity index (χ0v) is 8.60. The monoisotopic (exact) mass is 236 g/mol. The topological polar surface area (TPSA) is 55.0 Å². The molecule has 1 N–H and O–H groups in total. The van der Waals surface area contributed by atoms with Gasteiger partial charge in [-0.05, 0) is 19.4 Å². The lowest BCUT2D eigenvalue weighted by Gasteiger charge is -2.00. The summed E-state index contributed by atoms with van der Waals surface area (Å²) in [5, 5.41) is 5.34. The van der Waals surface area contributed by atoms with Crippen molar-refractivity contribution in [3.05, 3.63) is 17.5 Å². The molecule has 4 nitrogen and oxygen atoms in total. The van der Waals surface area contributed by atoms with Crippen LogP contribution in [0.15, 0.2) is 6.07 Å². The van der Waals surface area contributed by atoms with E-state index in [1.807, 2.05) is 0 Å². The van der Waals surface area contributed by atoms with E-state index in [9.17, 15) is 18.0 Å². The number of carbonyl (C=O) groups excluding carboxylic acids is 1. The van der Waals surface area contributed by atoms with Gasteiger partial charge in [0.1, 0.15) is 0 Å². The molecule has 7 heteroatoms. The van der Waals surface area contributed by atoms with Gasteiger partial charge in [0.2, 0.25) is 0 Å². The number of esters is 1. The number of hydrogen-bond acceptors (Lipinski definition) is 3. The van der Waals surface area contributed by atoms with Gasteiger partial charge in [-0.1, -0.05) is 0 Å². The molecule has 0 aromatic carbocycles. The Bertz CT molecular complexity index is 360. The second-order valence-electron chi connectivity index (χ2n) is 3.08. The number of carbonyl (C=O) groups is 1. The molecule has 0 fully saturated rings. The Balaban J connectivity index is 2.50. The molecule has 0 aliphatic carbocycles. The number of nitrogens with one attached hydrogen (secondary N) is 1. The molecule has 1 aromatic rings. The van der Waals surface area contributed by atoms with Crippen LogP contribution in [0, 0.1) is 0 Å². The lowest BCUT2D eigenvalue weighted by Crippen LogP contribution is -2.05. The molecule has 0 saturated carbocycles. The van der Waals surface area contributed by atoms with Gasteiger partial charge in [-0.15, -0.1) is 0 Å². The third-order valence-corrected chi connectivity index (χ3v) is 1.83. The number of aromatic nitrogens is 2. The molecule has 1 aromatic heterocycles. The maximum atomic E-state index is 12.1. The number of nitrogens with zero attached hydrogens (tertiary/aromatic N) is 1. The maximum absolute atomic E-state index is 12.1. The first-order valence-electron chi connectivity index (χ1n) is 4.70. The average Bonchev–Trinajstić information content (AvgIpc) is 2.63. The Labute approximate surface area is 89.8 Å². The first kappa shape index (κ1) is 12.5. The number of rotatable bonds is 4. The molecule has 1 heterocycles. The fourth-order valence-electron chi connectivity index (χ4n) is 1.10. The molecule has 0 atom stereocenters. The average molecular weight is 236 g/mol. The number of halogens is 3. The van der Waals surface area contributed by atoms with Crippen LogP contribution >= 0.6 is 0 Å². The van der Waals surface area contributed by atoms with Crippen LogP contribution in [0.2, 0.25) is 0 Å². The second-order valence-corrected chi connectivity index (χ2v) is 3.08. The Morgan fingerprint density at radius 1 is 1.56 bits per heavy atom. The number of ether oxygens (including phenoxy) is 1. The number of hydrogen-bond donors (Lipinski definition) is 1. The molecule has 0 unspecified atom stereocenters. The van der Waals surface area contributed by atoms with E-state index in [0.29, 0.717) is 0 Å². The summed E-state index contributed by atoms with van der Waals surface area (Å²) in [5.74, 6) is -0.439. The van der Waals surface area contributed by atoms with Crippen molar-refractivity contribution in [3.8, 4) is 0 Å². The fourth-order valence-corrected chi connectivity index (χ4v) is 1.10. The molecule has 16 heavy (non-hydrogen) atoms. The Hall–Kier alpha value is -1.53. The summed E-state index contributed by atoms with van der Waals surface area (Å²) < 4.78 is 41.1. The molecule has 0 spiro atoms. The lowest BCUT2D eigenvalue weighted by atomic mass is 10.2. The van der Waals surface area contributed by atoms with E-state index < -0.39 is 17.8 Å². The standard InChI is InChI=1S/C9H11F3N2O2/c1-2-16-8(15)4-3-6-5-7(14-13-6)9(10,11)12/h5H,2-4H2,1H3,(H,13,14). The van der Waals surface area contributed by atoms with Gasteiger partial charge in [0, 0.05) is 5.69 Å². The Morgan fingerprint density at radius 3 is 2.75 bits per heavy atom. The van der Waals surface area contributed by atoms with Crippen LogP contribution in [0.25, 0.3) is 0 Å². The van der Waals surface area contributed by atoms with Crippen LogP contribution in [0.5, 0.6) is 0 Å². The molecule has 1 rings (SSSR count). The predicted octanol–water partition coefficient (Wildman–Crippen LogP) is 1.92. The second kappa shape index (κ2) is 5.00. The molecular weight excluding hydrogens is 225 g/mol. The minimum atomic E-state index is -4.46. The fraction of sp³-hybridized carbons (Fsp3) is 0.556. The number of aryl methyl sites for hydroxylation is 1. The highest BCUT2D eigenvalue weighted by Crippen LogP contribution is 2.27. The van der Waals surface area contributed by atoms with Gasteiger partial charge < -0.3 is 4.74 Å². The molecule has 0 radical (unpaired) electrons. The quantitative estimate of drug-likeness (QED) is 0.812. The SMILES string of the molecule is CCOC(=O)CCc1cc(C(F)(F)F)n[nH]1. The van der Waals surface area contributed by atoms with E-state index >= 15 is 0 Å². The van der Waals surface area contributed by atoms with Crippen molar-refractivity contribution >= 4 is 5.97 Å². The van der Waals surface area contributed by atoms with Crippen LogP contribution in [-0.4, -0.2) is 22.8 Å². The molecule has 0 aliphatic heterocycles. The van der Waals surface area contributed by atoms with Gasteiger partial charge >= 0.3 is 12.1 Å². The van der Waals surface area contributed by atoms with Gasteiger partial charge in [-0.3, -0.25) is 9.89 Å². The van der Waals surface area contributed by atoms with Gasteiger partial charge in [0.25, 0.3) is 0 Å². The van der Waals surface area contributed by atoms with Gasteiger partial charge in [-0.25, -0.2) is 0 Å². The first-order chi connectivity index (χ1) is 7.43. The third-order valence-electron chi connectivity index (χ3n) is 1.83. The lowest BCUT2D eigenvalue weighted by molar-refractivity contribution is -0.143. The van der Waals surface area contributed by atoms with Crippen LogP contribution in [0.4, 0.5) is 13.2 Å². The van der Waals surface area contributed by atoms with Gasteiger partial charge in [0.15, 0.2) is 5.69 Å². The molecule has 0 amide bonds. The van der Waals surface area contributed by atoms with Crippen molar-refractivity contribution in [1.29, 1.82) is 0 Å². The zero-order chi connectivity index (χ0) is 12.2. The van der Waals surface area contributed by atoms with E-state index in [-0.39, 0.29) is 25.1 Å². The van der Waals surface area contributed by atoms with E-state index in [0.717, 1.165) is 6.07 Å². The minimum Gasteiger partial charge on any atom is -0.466 e. The number of aromatic amines is 1. The highest BCUT2D eigenvalue weighted by molar-refractivity contribution is 5.69. The van der Waals surface area contributed by atoms with E-state index in [1.54, 1.807) is 6.92 Å². The Morgan fingerprint density at radius 2 is 2.25 bits per heavy atom. The van der Waals surface area contributed by atoms with Crippen molar-refractivity contribution in [2.45, 2.75) is 25.9 Å². The van der Waals surface area contributed by atoms with Crippen LogP contribution in [0.1, 0.15) is 24.7 Å². The molecule has 0 bridgehead atoms. The van der Waals surface area contributed by atoms with Crippen LogP contribution in [-0.2, 0) is 22.1 Å². The van der Waals surface area contributed by atoms with Crippen molar-refractivity contribution in [2.75, 3.05) is 6.61 Å². The van der Waals surface area contributed by atoms with Crippen LogP contribution < -0.4 is 0 Å². The van der Waals surface area contributed by atoms with Crippen molar-refractivity contribution in [3.63, 3.8) is 0 Å². The summed E-state index contributed by atoms with van der Waals surface area (Å²) in [5.41, 5.74) is -0.716. The van der Waals surface area contributed by atoms with E-state index in [1.165, 1.54) is 0 Å². The van der Waals surface area contributed by atoms with Crippen LogP contribution in [0.3, 0.4) is 0 Å². The number of alkyl halides is 3. The molecule has 0 saturated heterocycles. The molecule has 90 valence electrons. The summed E-state index contributed by atoms with van der Waals surface area (Å²) in [6, 6.07) is 0.888.